The third kappa shape index (κ3) is 1.71. The Kier molecular flexibility index (Phi) is 2.31. The molecule has 1 fully saturated rings. The van der Waals surface area contributed by atoms with Crippen LogP contribution in [-0.2, 0) is 0 Å². The van der Waals surface area contributed by atoms with Crippen LogP contribution in [0.2, 0.25) is 0 Å². The second kappa shape index (κ2) is 3.80. The average Bonchev–Trinajstić information content (AvgIpc) is 2.89. The number of fused-ring (bicyclic) bond motifs is 1. The quantitative estimate of drug-likeness (QED) is 0.769. The van der Waals surface area contributed by atoms with Gasteiger partial charge in [0.2, 0.25) is 0 Å². The molecule has 0 radical (unpaired) electrons. The third-order valence-corrected chi connectivity index (χ3v) is 3.83. The molecular formula is C13H13NS. The second-order valence-electron chi connectivity index (χ2n) is 3.92. The summed E-state index contributed by atoms with van der Waals surface area (Å²) < 4.78 is 1.38. The third-order valence-electron chi connectivity index (χ3n) is 2.85. The Morgan fingerprint density at radius 3 is 3.07 bits per heavy atom. The molecule has 1 saturated heterocycles. The van der Waals surface area contributed by atoms with Gasteiger partial charge in [-0.1, -0.05) is 29.8 Å². The van der Waals surface area contributed by atoms with Crippen molar-refractivity contribution in [2.75, 3.05) is 13.1 Å². The molecule has 2 aromatic rings. The van der Waals surface area contributed by atoms with E-state index in [0.29, 0.717) is 0 Å². The van der Waals surface area contributed by atoms with Crippen LogP contribution in [0, 0.1) is 0 Å². The summed E-state index contributed by atoms with van der Waals surface area (Å²) >= 11 is 1.83. The van der Waals surface area contributed by atoms with Gasteiger partial charge in [-0.05, 0) is 35.4 Å². The van der Waals surface area contributed by atoms with Gasteiger partial charge in [0.1, 0.15) is 0 Å². The molecule has 1 aliphatic rings. The van der Waals surface area contributed by atoms with Crippen molar-refractivity contribution in [2.24, 2.45) is 0 Å². The smallest absolute Gasteiger partial charge is 0.0348 e. The Hall–Kier alpha value is -1.12. The summed E-state index contributed by atoms with van der Waals surface area (Å²) in [4.78, 5) is 0. The minimum absolute atomic E-state index is 1.06. The minimum Gasteiger partial charge on any atom is -0.313 e. The number of rotatable bonds is 1. The van der Waals surface area contributed by atoms with Gasteiger partial charge in [0.05, 0.1) is 0 Å². The van der Waals surface area contributed by atoms with Gasteiger partial charge >= 0.3 is 0 Å². The Bertz CT molecular complexity index is 502. The fraction of sp³-hybridized carbons (Fsp3) is 0.231. The first-order chi connectivity index (χ1) is 7.43. The van der Waals surface area contributed by atoms with E-state index in [1.165, 1.54) is 27.6 Å². The zero-order chi connectivity index (χ0) is 10.1. The predicted octanol–water partition coefficient (Wildman–Crippen LogP) is 3.28. The Labute approximate surface area is 93.4 Å². The summed E-state index contributed by atoms with van der Waals surface area (Å²) in [7, 11) is 0. The lowest BCUT2D eigenvalue weighted by atomic mass is 10.1. The predicted molar refractivity (Wildman–Crippen MR) is 67.3 cm³/mol. The first-order valence-electron chi connectivity index (χ1n) is 5.30. The van der Waals surface area contributed by atoms with Crippen molar-refractivity contribution < 1.29 is 0 Å². The van der Waals surface area contributed by atoms with E-state index in [1.807, 2.05) is 11.3 Å². The molecule has 1 N–H and O–H groups in total. The number of hydrogen-bond acceptors (Lipinski definition) is 2. The lowest BCUT2D eigenvalue weighted by Crippen LogP contribution is -2.04. The summed E-state index contributed by atoms with van der Waals surface area (Å²) in [5, 5.41) is 7.02. The Morgan fingerprint density at radius 2 is 2.20 bits per heavy atom. The topological polar surface area (TPSA) is 12.0 Å². The highest BCUT2D eigenvalue weighted by atomic mass is 32.1. The zero-order valence-electron chi connectivity index (χ0n) is 8.49. The summed E-state index contributed by atoms with van der Waals surface area (Å²) in [5.74, 6) is 0. The van der Waals surface area contributed by atoms with Crippen LogP contribution in [0.3, 0.4) is 0 Å². The number of hydrogen-bond donors (Lipinski definition) is 1. The molecule has 2 heteroatoms. The first kappa shape index (κ1) is 9.13. The Balaban J connectivity index is 2.07. The highest BCUT2D eigenvalue weighted by Gasteiger charge is 2.07. The number of benzene rings is 1. The van der Waals surface area contributed by atoms with E-state index in [-0.39, 0.29) is 0 Å². The van der Waals surface area contributed by atoms with Crippen molar-refractivity contribution in [1.29, 1.82) is 0 Å². The molecule has 0 aliphatic carbocycles. The highest BCUT2D eigenvalue weighted by molar-refractivity contribution is 7.17. The summed E-state index contributed by atoms with van der Waals surface area (Å²) in [6.45, 7) is 2.19. The van der Waals surface area contributed by atoms with Crippen LogP contribution in [0.1, 0.15) is 12.0 Å². The van der Waals surface area contributed by atoms with Gasteiger partial charge in [0.25, 0.3) is 0 Å². The molecular weight excluding hydrogens is 202 g/mol. The molecule has 0 amide bonds. The maximum absolute atomic E-state index is 3.37. The maximum Gasteiger partial charge on any atom is 0.0348 e. The molecule has 15 heavy (non-hydrogen) atoms. The summed E-state index contributed by atoms with van der Waals surface area (Å²) in [6.07, 6.45) is 3.54. The van der Waals surface area contributed by atoms with Gasteiger partial charge in [-0.15, -0.1) is 11.3 Å². The molecule has 0 spiro atoms. The molecule has 0 saturated carbocycles. The van der Waals surface area contributed by atoms with Crippen molar-refractivity contribution in [1.82, 2.24) is 5.32 Å². The first-order valence-corrected chi connectivity index (χ1v) is 6.18. The summed E-state index contributed by atoms with van der Waals surface area (Å²) in [5.41, 5.74) is 2.91. The Morgan fingerprint density at radius 1 is 1.27 bits per heavy atom. The molecule has 76 valence electrons. The van der Waals surface area contributed by atoms with Gasteiger partial charge in [-0.2, -0.15) is 0 Å². The zero-order valence-corrected chi connectivity index (χ0v) is 9.31. The van der Waals surface area contributed by atoms with Gasteiger partial charge in [0.15, 0.2) is 0 Å². The van der Waals surface area contributed by atoms with Crippen LogP contribution < -0.4 is 5.32 Å². The molecule has 1 aromatic carbocycles. The molecule has 0 bridgehead atoms. The molecule has 1 nitrogen and oxygen atoms in total. The molecule has 0 atom stereocenters. The van der Waals surface area contributed by atoms with Gasteiger partial charge in [-0.3, -0.25) is 0 Å². The largest absolute Gasteiger partial charge is 0.313 e. The van der Waals surface area contributed by atoms with Gasteiger partial charge in [-0.25, -0.2) is 0 Å². The van der Waals surface area contributed by atoms with Crippen LogP contribution in [-0.4, -0.2) is 13.1 Å². The van der Waals surface area contributed by atoms with Crippen LogP contribution >= 0.6 is 11.3 Å². The van der Waals surface area contributed by atoms with E-state index in [9.17, 15) is 0 Å². The SMILES string of the molecule is C(=C1CCNC1)c1csc2ccccc12. The number of thiophene rings is 1. The standard InChI is InChI=1S/C13H13NS/c1-2-4-13-12(3-1)11(9-15-13)7-10-5-6-14-8-10/h1-4,7,9,14H,5-6,8H2. The molecule has 1 aliphatic heterocycles. The molecule has 3 rings (SSSR count). The van der Waals surface area contributed by atoms with E-state index in [1.54, 1.807) is 0 Å². The van der Waals surface area contributed by atoms with Crippen molar-refractivity contribution in [2.45, 2.75) is 6.42 Å². The van der Waals surface area contributed by atoms with Crippen molar-refractivity contribution >= 4 is 27.5 Å². The molecule has 0 unspecified atom stereocenters. The highest BCUT2D eigenvalue weighted by Crippen LogP contribution is 2.28. The van der Waals surface area contributed by atoms with Crippen LogP contribution in [0.5, 0.6) is 0 Å². The summed E-state index contributed by atoms with van der Waals surface area (Å²) in [6, 6.07) is 8.62. The monoisotopic (exact) mass is 215 g/mol. The minimum atomic E-state index is 1.06. The van der Waals surface area contributed by atoms with Crippen molar-refractivity contribution in [3.05, 3.63) is 40.8 Å². The molecule has 2 heterocycles. The normalized spacial score (nSPS) is 19.1. The van der Waals surface area contributed by atoms with E-state index in [2.05, 4.69) is 41.0 Å². The van der Waals surface area contributed by atoms with Crippen molar-refractivity contribution in [3.63, 3.8) is 0 Å². The van der Waals surface area contributed by atoms with E-state index >= 15 is 0 Å². The van der Waals surface area contributed by atoms with E-state index in [4.69, 9.17) is 0 Å². The van der Waals surface area contributed by atoms with Gasteiger partial charge in [0, 0.05) is 11.2 Å². The fourth-order valence-electron chi connectivity index (χ4n) is 2.04. The van der Waals surface area contributed by atoms with E-state index in [0.717, 1.165) is 13.1 Å². The average molecular weight is 215 g/mol. The second-order valence-corrected chi connectivity index (χ2v) is 4.83. The lowest BCUT2D eigenvalue weighted by molar-refractivity contribution is 0.862. The van der Waals surface area contributed by atoms with E-state index < -0.39 is 0 Å². The fourth-order valence-corrected chi connectivity index (χ4v) is 2.96. The van der Waals surface area contributed by atoms with Crippen molar-refractivity contribution in [3.8, 4) is 0 Å². The van der Waals surface area contributed by atoms with Crippen LogP contribution in [0.4, 0.5) is 0 Å². The number of nitrogens with one attached hydrogen (secondary N) is 1. The van der Waals surface area contributed by atoms with Gasteiger partial charge < -0.3 is 5.32 Å². The maximum atomic E-state index is 3.37. The van der Waals surface area contributed by atoms with Crippen LogP contribution in [0.25, 0.3) is 16.2 Å². The molecule has 1 aromatic heterocycles. The van der Waals surface area contributed by atoms with Crippen LogP contribution in [0.15, 0.2) is 35.2 Å². The lowest BCUT2D eigenvalue weighted by Gasteiger charge is -1.95.